The second-order valence-electron chi connectivity index (χ2n) is 6.37. The van der Waals surface area contributed by atoms with Gasteiger partial charge in [-0.3, -0.25) is 19.7 Å². The molecule has 1 aliphatic carbocycles. The van der Waals surface area contributed by atoms with Crippen LogP contribution in [0.1, 0.15) is 36.0 Å². The number of fused-ring (bicyclic) bond motifs is 1. The number of carbonyl (C=O) groups is 1. The maximum atomic E-state index is 12.5. The van der Waals surface area contributed by atoms with Crippen LogP contribution in [0.4, 0.5) is 0 Å². The van der Waals surface area contributed by atoms with Gasteiger partial charge in [-0.25, -0.2) is 4.98 Å². The van der Waals surface area contributed by atoms with Gasteiger partial charge in [0.05, 0.1) is 17.2 Å². The second-order valence-corrected chi connectivity index (χ2v) is 6.37. The summed E-state index contributed by atoms with van der Waals surface area (Å²) in [5.74, 6) is 0.480. The predicted molar refractivity (Wildman–Crippen MR) is 95.7 cm³/mol. The molecule has 1 amide bonds. The molecular formula is C19H19N5O2. The summed E-state index contributed by atoms with van der Waals surface area (Å²) >= 11 is 0. The standard InChI is InChI=1S/C19H19N5O2/c25-19(13-1-6-16-17(11-13)22-10-9-21-16)24-14-2-4-15(5-3-14)26-18-12-20-7-8-23-18/h1,6-12,14-15H,2-5H2,(H,24,25). The minimum Gasteiger partial charge on any atom is -0.473 e. The number of aromatic nitrogens is 4. The lowest BCUT2D eigenvalue weighted by molar-refractivity contribution is 0.0890. The zero-order chi connectivity index (χ0) is 17.8. The van der Waals surface area contributed by atoms with Gasteiger partial charge in [0.15, 0.2) is 0 Å². The quantitative estimate of drug-likeness (QED) is 0.778. The highest BCUT2D eigenvalue weighted by molar-refractivity contribution is 5.97. The van der Waals surface area contributed by atoms with Crippen molar-refractivity contribution in [3.63, 3.8) is 0 Å². The summed E-state index contributed by atoms with van der Waals surface area (Å²) in [5, 5.41) is 3.11. The minimum absolute atomic E-state index is 0.0733. The van der Waals surface area contributed by atoms with Crippen molar-refractivity contribution in [2.75, 3.05) is 0 Å². The lowest BCUT2D eigenvalue weighted by Gasteiger charge is -2.29. The van der Waals surface area contributed by atoms with Gasteiger partial charge >= 0.3 is 0 Å². The van der Waals surface area contributed by atoms with Crippen LogP contribution in [0.3, 0.4) is 0 Å². The predicted octanol–water partition coefficient (Wildman–Crippen LogP) is 2.54. The summed E-state index contributed by atoms with van der Waals surface area (Å²) < 4.78 is 5.84. The molecule has 0 aliphatic heterocycles. The first-order valence-corrected chi connectivity index (χ1v) is 8.72. The number of hydrogen-bond donors (Lipinski definition) is 1. The number of nitrogens with zero attached hydrogens (tertiary/aromatic N) is 4. The van der Waals surface area contributed by atoms with Gasteiger partial charge in [0.25, 0.3) is 5.91 Å². The highest BCUT2D eigenvalue weighted by Crippen LogP contribution is 2.23. The Morgan fingerprint density at radius 2 is 1.73 bits per heavy atom. The first-order chi connectivity index (χ1) is 12.8. The van der Waals surface area contributed by atoms with Gasteiger partial charge in [0, 0.05) is 36.4 Å². The summed E-state index contributed by atoms with van der Waals surface area (Å²) in [4.78, 5) is 29.1. The van der Waals surface area contributed by atoms with E-state index in [0.717, 1.165) is 36.7 Å². The largest absolute Gasteiger partial charge is 0.473 e. The number of rotatable bonds is 4. The van der Waals surface area contributed by atoms with Crippen LogP contribution < -0.4 is 10.1 Å². The van der Waals surface area contributed by atoms with Crippen molar-refractivity contribution >= 4 is 16.9 Å². The van der Waals surface area contributed by atoms with Crippen LogP contribution in [-0.4, -0.2) is 38.0 Å². The van der Waals surface area contributed by atoms with Crippen LogP contribution in [0.25, 0.3) is 11.0 Å². The molecule has 1 N–H and O–H groups in total. The molecule has 3 aromatic rings. The molecule has 0 spiro atoms. The average molecular weight is 349 g/mol. The highest BCUT2D eigenvalue weighted by atomic mass is 16.5. The molecule has 2 aromatic heterocycles. The molecule has 1 saturated carbocycles. The summed E-state index contributed by atoms with van der Waals surface area (Å²) in [5.41, 5.74) is 2.11. The van der Waals surface area contributed by atoms with E-state index in [4.69, 9.17) is 4.74 Å². The van der Waals surface area contributed by atoms with Gasteiger partial charge in [-0.1, -0.05) is 0 Å². The van der Waals surface area contributed by atoms with Crippen LogP contribution in [0.2, 0.25) is 0 Å². The molecule has 1 fully saturated rings. The van der Waals surface area contributed by atoms with Gasteiger partial charge in [-0.15, -0.1) is 0 Å². The number of benzene rings is 1. The Hall–Kier alpha value is -3.09. The summed E-state index contributed by atoms with van der Waals surface area (Å²) in [6.45, 7) is 0. The van der Waals surface area contributed by atoms with Gasteiger partial charge in [0.1, 0.15) is 6.10 Å². The number of ether oxygens (including phenoxy) is 1. The molecule has 7 heteroatoms. The first kappa shape index (κ1) is 16.4. The molecule has 1 aliphatic rings. The Morgan fingerprint density at radius 3 is 2.50 bits per heavy atom. The third kappa shape index (κ3) is 3.77. The summed E-state index contributed by atoms with van der Waals surface area (Å²) in [7, 11) is 0. The Bertz CT molecular complexity index is 895. The van der Waals surface area contributed by atoms with Crippen molar-refractivity contribution in [3.05, 3.63) is 54.7 Å². The Labute approximate surface area is 150 Å². The Morgan fingerprint density at radius 1 is 0.962 bits per heavy atom. The smallest absolute Gasteiger partial charge is 0.251 e. The molecule has 132 valence electrons. The molecule has 0 bridgehead atoms. The molecule has 0 saturated heterocycles. The van der Waals surface area contributed by atoms with Gasteiger partial charge in [0.2, 0.25) is 5.88 Å². The van der Waals surface area contributed by atoms with Crippen LogP contribution in [0.5, 0.6) is 5.88 Å². The maximum Gasteiger partial charge on any atom is 0.251 e. The Kier molecular flexibility index (Phi) is 4.68. The number of nitrogens with one attached hydrogen (secondary N) is 1. The highest BCUT2D eigenvalue weighted by Gasteiger charge is 2.24. The molecular weight excluding hydrogens is 330 g/mol. The van der Waals surface area contributed by atoms with E-state index in [1.165, 1.54) is 0 Å². The van der Waals surface area contributed by atoms with Crippen LogP contribution in [0.15, 0.2) is 49.2 Å². The third-order valence-electron chi connectivity index (χ3n) is 4.57. The fourth-order valence-corrected chi connectivity index (χ4v) is 3.22. The van der Waals surface area contributed by atoms with E-state index >= 15 is 0 Å². The van der Waals surface area contributed by atoms with Crippen molar-refractivity contribution in [3.8, 4) is 5.88 Å². The molecule has 0 atom stereocenters. The van der Waals surface area contributed by atoms with Gasteiger partial charge in [-0.2, -0.15) is 0 Å². The lowest BCUT2D eigenvalue weighted by Crippen LogP contribution is -2.39. The first-order valence-electron chi connectivity index (χ1n) is 8.72. The third-order valence-corrected chi connectivity index (χ3v) is 4.57. The molecule has 4 rings (SSSR count). The van der Waals surface area contributed by atoms with Crippen molar-refractivity contribution in [1.29, 1.82) is 0 Å². The number of amides is 1. The molecule has 2 heterocycles. The zero-order valence-corrected chi connectivity index (χ0v) is 14.2. The molecule has 1 aromatic carbocycles. The lowest BCUT2D eigenvalue weighted by atomic mass is 9.92. The van der Waals surface area contributed by atoms with E-state index in [1.807, 2.05) is 6.07 Å². The van der Waals surface area contributed by atoms with Gasteiger partial charge in [-0.05, 0) is 43.9 Å². The van der Waals surface area contributed by atoms with E-state index in [-0.39, 0.29) is 18.1 Å². The fourth-order valence-electron chi connectivity index (χ4n) is 3.22. The van der Waals surface area contributed by atoms with E-state index < -0.39 is 0 Å². The zero-order valence-electron chi connectivity index (χ0n) is 14.2. The molecule has 7 nitrogen and oxygen atoms in total. The summed E-state index contributed by atoms with van der Waals surface area (Å²) in [6, 6.07) is 5.54. The fraction of sp³-hybridized carbons (Fsp3) is 0.316. The normalized spacial score (nSPS) is 19.8. The maximum absolute atomic E-state index is 12.5. The second kappa shape index (κ2) is 7.43. The van der Waals surface area contributed by atoms with Gasteiger partial charge < -0.3 is 10.1 Å². The monoisotopic (exact) mass is 349 g/mol. The minimum atomic E-state index is -0.0733. The van der Waals surface area contributed by atoms with Crippen molar-refractivity contribution in [2.24, 2.45) is 0 Å². The van der Waals surface area contributed by atoms with E-state index in [1.54, 1.807) is 43.1 Å². The average Bonchev–Trinajstić information content (AvgIpc) is 2.70. The van der Waals surface area contributed by atoms with Crippen molar-refractivity contribution in [1.82, 2.24) is 25.3 Å². The Balaban J connectivity index is 1.32. The topological polar surface area (TPSA) is 89.9 Å². The van der Waals surface area contributed by atoms with E-state index in [2.05, 4.69) is 25.3 Å². The van der Waals surface area contributed by atoms with Crippen molar-refractivity contribution < 1.29 is 9.53 Å². The van der Waals surface area contributed by atoms with Crippen LogP contribution in [0, 0.1) is 0 Å². The van der Waals surface area contributed by atoms with E-state index in [9.17, 15) is 4.79 Å². The molecule has 0 unspecified atom stereocenters. The molecule has 26 heavy (non-hydrogen) atoms. The van der Waals surface area contributed by atoms with Crippen LogP contribution >= 0.6 is 0 Å². The van der Waals surface area contributed by atoms with E-state index in [0.29, 0.717) is 11.4 Å². The van der Waals surface area contributed by atoms with Crippen LogP contribution in [-0.2, 0) is 0 Å². The SMILES string of the molecule is O=C(NC1CCC(Oc2cnccn2)CC1)c1ccc2nccnc2c1. The number of carbonyl (C=O) groups excluding carboxylic acids is 1. The molecule has 0 radical (unpaired) electrons. The van der Waals surface area contributed by atoms with Crippen molar-refractivity contribution in [2.45, 2.75) is 37.8 Å². The summed E-state index contributed by atoms with van der Waals surface area (Å²) in [6.07, 6.45) is 11.8. The number of hydrogen-bond acceptors (Lipinski definition) is 6.